The highest BCUT2D eigenvalue weighted by molar-refractivity contribution is 7.89. The second-order valence-corrected chi connectivity index (χ2v) is 12.9. The Bertz CT molecular complexity index is 1440. The molecule has 11 heteroatoms. The second-order valence-electron chi connectivity index (χ2n) is 10.9. The lowest BCUT2D eigenvalue weighted by Gasteiger charge is -2.39. The Balaban J connectivity index is 0.000000262. The van der Waals surface area contributed by atoms with Gasteiger partial charge in [-0.25, -0.2) is 13.2 Å². The Morgan fingerprint density at radius 2 is 1.50 bits per heavy atom. The molecule has 0 spiro atoms. The lowest BCUT2D eigenvalue weighted by atomic mass is 9.80. The van der Waals surface area contributed by atoms with Crippen LogP contribution < -0.4 is 4.90 Å². The average Bonchev–Trinajstić information content (AvgIpc) is 3.02. The minimum absolute atomic E-state index is 0.0359. The molecule has 2 saturated heterocycles. The fourth-order valence-electron chi connectivity index (χ4n) is 5.37. The molecule has 2 fully saturated rings. The van der Waals surface area contributed by atoms with Crippen molar-refractivity contribution < 1.29 is 33.0 Å². The quantitative estimate of drug-likeness (QED) is 0.518. The van der Waals surface area contributed by atoms with Crippen LogP contribution in [0.5, 0.6) is 0 Å². The average molecular weight is 596 g/mol. The highest BCUT2D eigenvalue weighted by atomic mass is 32.2. The zero-order valence-corrected chi connectivity index (χ0v) is 24.4. The Kier molecular flexibility index (Phi) is 9.85. The predicted octanol–water partition coefficient (Wildman–Crippen LogP) is 3.48. The number of carboxylic acid groups (broad SMARTS) is 2. The van der Waals surface area contributed by atoms with Crippen molar-refractivity contribution in [3.8, 4) is 0 Å². The van der Waals surface area contributed by atoms with Gasteiger partial charge >= 0.3 is 11.9 Å². The first-order valence-electron chi connectivity index (χ1n) is 14.0. The number of piperazine rings is 1. The summed E-state index contributed by atoms with van der Waals surface area (Å²) in [5.41, 5.74) is 0.229. The van der Waals surface area contributed by atoms with E-state index in [1.807, 2.05) is 23.1 Å². The number of benzene rings is 2. The lowest BCUT2D eigenvalue weighted by Crippen LogP contribution is -2.53. The summed E-state index contributed by atoms with van der Waals surface area (Å²) in [6.45, 7) is 5.20. The fourth-order valence-corrected chi connectivity index (χ4v) is 6.91. The van der Waals surface area contributed by atoms with E-state index in [0.29, 0.717) is 31.0 Å². The van der Waals surface area contributed by atoms with E-state index in [2.05, 4.69) is 17.0 Å². The molecule has 2 aromatic carbocycles. The molecular formula is C31H37N3O7S. The summed E-state index contributed by atoms with van der Waals surface area (Å²) < 4.78 is 27.3. The number of sulfonamides is 1. The first-order valence-corrected chi connectivity index (χ1v) is 15.4. The Hall–Kier alpha value is -3.96. The third-order valence-corrected chi connectivity index (χ3v) is 9.79. The first kappa shape index (κ1) is 31.0. The Morgan fingerprint density at radius 3 is 2.10 bits per heavy atom. The minimum Gasteiger partial charge on any atom is -0.481 e. The summed E-state index contributed by atoms with van der Waals surface area (Å²) >= 11 is 0. The third-order valence-electron chi connectivity index (χ3n) is 7.91. The van der Waals surface area contributed by atoms with Gasteiger partial charge in [0, 0.05) is 50.5 Å². The SMILES string of the molecule is CC1(C(=O)O)C=CC=C(C(=O)O)C1.O=C(C1CCCN(S(=O)(=O)c2ccccc2)C1)N1CCN(c2ccccc2)CC1. The van der Waals surface area contributed by atoms with Gasteiger partial charge in [-0.2, -0.15) is 4.31 Å². The summed E-state index contributed by atoms with van der Waals surface area (Å²) in [6.07, 6.45) is 5.90. The number of nitrogens with zero attached hydrogens (tertiary/aromatic N) is 3. The van der Waals surface area contributed by atoms with Crippen molar-refractivity contribution in [2.45, 2.75) is 31.1 Å². The molecule has 10 nitrogen and oxygen atoms in total. The van der Waals surface area contributed by atoms with Crippen molar-refractivity contribution in [1.29, 1.82) is 0 Å². The zero-order valence-electron chi connectivity index (χ0n) is 23.6. The van der Waals surface area contributed by atoms with Gasteiger partial charge < -0.3 is 20.0 Å². The second kappa shape index (κ2) is 13.3. The molecule has 0 bridgehead atoms. The van der Waals surface area contributed by atoms with Crippen LogP contribution >= 0.6 is 0 Å². The highest BCUT2D eigenvalue weighted by Gasteiger charge is 2.36. The van der Waals surface area contributed by atoms with Crippen molar-refractivity contribution in [2.75, 3.05) is 44.2 Å². The van der Waals surface area contributed by atoms with Gasteiger partial charge in [0.2, 0.25) is 15.9 Å². The Morgan fingerprint density at radius 1 is 0.881 bits per heavy atom. The maximum atomic E-state index is 13.1. The van der Waals surface area contributed by atoms with Crippen molar-refractivity contribution >= 4 is 33.6 Å². The number of carbonyl (C=O) groups is 3. The van der Waals surface area contributed by atoms with E-state index in [-0.39, 0.29) is 30.4 Å². The smallest absolute Gasteiger partial charge is 0.331 e. The van der Waals surface area contributed by atoms with Crippen LogP contribution in [0.3, 0.4) is 0 Å². The Labute approximate surface area is 246 Å². The molecule has 0 radical (unpaired) electrons. The molecule has 42 heavy (non-hydrogen) atoms. The van der Waals surface area contributed by atoms with Gasteiger partial charge in [0.1, 0.15) is 0 Å². The van der Waals surface area contributed by atoms with Crippen LogP contribution in [0.15, 0.2) is 89.4 Å². The van der Waals surface area contributed by atoms with Crippen LogP contribution in [0.25, 0.3) is 0 Å². The number of amides is 1. The normalized spacial score (nSPS) is 22.9. The molecule has 224 valence electrons. The fraction of sp³-hybridized carbons (Fsp3) is 0.387. The first-order chi connectivity index (χ1) is 20.0. The van der Waals surface area contributed by atoms with Crippen LogP contribution in [-0.4, -0.2) is 85.0 Å². The minimum atomic E-state index is -3.55. The summed E-state index contributed by atoms with van der Waals surface area (Å²) in [5.74, 6) is -2.23. The van der Waals surface area contributed by atoms with Crippen molar-refractivity contribution in [3.05, 3.63) is 84.5 Å². The zero-order chi connectivity index (χ0) is 30.3. The van der Waals surface area contributed by atoms with E-state index >= 15 is 0 Å². The summed E-state index contributed by atoms with van der Waals surface area (Å²) in [7, 11) is -3.55. The van der Waals surface area contributed by atoms with Gasteiger partial charge in [0.25, 0.3) is 0 Å². The monoisotopic (exact) mass is 595 g/mol. The van der Waals surface area contributed by atoms with Gasteiger partial charge in [-0.1, -0.05) is 54.6 Å². The highest BCUT2D eigenvalue weighted by Crippen LogP contribution is 2.31. The lowest BCUT2D eigenvalue weighted by molar-refractivity contribution is -0.145. The maximum Gasteiger partial charge on any atom is 0.331 e. The van der Waals surface area contributed by atoms with Gasteiger partial charge in [0.05, 0.1) is 16.2 Å². The number of rotatable bonds is 6. The van der Waals surface area contributed by atoms with Gasteiger partial charge in [-0.05, 0) is 50.5 Å². The molecule has 1 amide bonds. The molecule has 2 unspecified atom stereocenters. The summed E-state index contributed by atoms with van der Waals surface area (Å²) in [4.78, 5) is 38.9. The van der Waals surface area contributed by atoms with Crippen molar-refractivity contribution in [3.63, 3.8) is 0 Å². The number of para-hydroxylation sites is 1. The molecule has 0 aromatic heterocycles. The van der Waals surface area contributed by atoms with E-state index in [1.165, 1.54) is 35.1 Å². The molecule has 1 aliphatic carbocycles. The molecule has 0 saturated carbocycles. The largest absolute Gasteiger partial charge is 0.481 e. The van der Waals surface area contributed by atoms with Crippen LogP contribution in [0.1, 0.15) is 26.2 Å². The molecule has 2 aliphatic heterocycles. The van der Waals surface area contributed by atoms with Gasteiger partial charge in [-0.15, -0.1) is 0 Å². The molecule has 2 atom stereocenters. The number of hydrogen-bond acceptors (Lipinski definition) is 6. The predicted molar refractivity (Wildman–Crippen MR) is 158 cm³/mol. The van der Waals surface area contributed by atoms with Gasteiger partial charge in [0.15, 0.2) is 0 Å². The van der Waals surface area contributed by atoms with Gasteiger partial charge in [-0.3, -0.25) is 9.59 Å². The number of hydrogen-bond donors (Lipinski definition) is 2. The van der Waals surface area contributed by atoms with Crippen molar-refractivity contribution in [2.24, 2.45) is 11.3 Å². The molecule has 3 aliphatic rings. The van der Waals surface area contributed by atoms with Crippen LogP contribution in [0, 0.1) is 11.3 Å². The number of carboxylic acids is 2. The number of aliphatic carboxylic acids is 2. The van der Waals surface area contributed by atoms with Crippen LogP contribution in [-0.2, 0) is 24.4 Å². The molecule has 2 aromatic rings. The summed E-state index contributed by atoms with van der Waals surface area (Å²) in [5, 5.41) is 17.5. The number of allylic oxidation sites excluding steroid dienone is 2. The van der Waals surface area contributed by atoms with E-state index in [0.717, 1.165) is 19.5 Å². The van der Waals surface area contributed by atoms with E-state index in [1.54, 1.807) is 30.3 Å². The maximum absolute atomic E-state index is 13.1. The van der Waals surface area contributed by atoms with Crippen molar-refractivity contribution in [1.82, 2.24) is 9.21 Å². The van der Waals surface area contributed by atoms with E-state index < -0.39 is 27.4 Å². The topological polar surface area (TPSA) is 136 Å². The van der Waals surface area contributed by atoms with E-state index in [9.17, 15) is 22.8 Å². The number of carbonyl (C=O) groups excluding carboxylic acids is 1. The number of anilines is 1. The molecule has 2 heterocycles. The van der Waals surface area contributed by atoms with Crippen LogP contribution in [0.4, 0.5) is 5.69 Å². The standard InChI is InChI=1S/C22H27N3O3S.C9H10O4/c26-22(24-16-14-23(15-17-24)20-9-3-1-4-10-20)19-8-7-13-25(18-19)29(27,28)21-11-5-2-6-12-21;1-9(8(12)13)4-2-3-6(5-9)7(10)11/h1-6,9-12,19H,7-8,13-18H2;2-4H,5H2,1H3,(H,10,11)(H,12,13). The molecule has 2 N–H and O–H groups in total. The number of piperidine rings is 1. The molecular weight excluding hydrogens is 558 g/mol. The molecule has 5 rings (SSSR count). The van der Waals surface area contributed by atoms with E-state index in [4.69, 9.17) is 10.2 Å². The van der Waals surface area contributed by atoms with Crippen LogP contribution in [0.2, 0.25) is 0 Å². The third kappa shape index (κ3) is 7.27. The summed E-state index contributed by atoms with van der Waals surface area (Å²) in [6, 6.07) is 18.7.